The van der Waals surface area contributed by atoms with Crippen molar-refractivity contribution < 1.29 is 87.9 Å². The SMILES string of the molecule is O=C(O)CCOP(=O)([O-])[O-].[Na+].[Na+]. The van der Waals surface area contributed by atoms with Crippen molar-refractivity contribution in [2.45, 2.75) is 6.42 Å². The van der Waals surface area contributed by atoms with Gasteiger partial charge in [0.1, 0.15) is 0 Å². The van der Waals surface area contributed by atoms with E-state index in [1.54, 1.807) is 0 Å². The van der Waals surface area contributed by atoms with Gasteiger partial charge in [0.25, 0.3) is 0 Å². The Morgan fingerprint density at radius 2 is 1.83 bits per heavy atom. The molecule has 9 heteroatoms. The van der Waals surface area contributed by atoms with Gasteiger partial charge in [-0.05, 0) is 0 Å². The molecule has 0 radical (unpaired) electrons. The van der Waals surface area contributed by atoms with Crippen LogP contribution in [0, 0.1) is 0 Å². The van der Waals surface area contributed by atoms with Gasteiger partial charge in [0.15, 0.2) is 0 Å². The van der Waals surface area contributed by atoms with Gasteiger partial charge < -0.3 is 24.0 Å². The molecular formula is C3H5Na2O6P. The van der Waals surface area contributed by atoms with E-state index in [0.29, 0.717) is 0 Å². The largest absolute Gasteiger partial charge is 1.00 e. The average Bonchev–Trinajstić information content (AvgIpc) is 1.59. The minimum atomic E-state index is -4.99. The monoisotopic (exact) mass is 214 g/mol. The van der Waals surface area contributed by atoms with E-state index in [1.807, 2.05) is 0 Å². The summed E-state index contributed by atoms with van der Waals surface area (Å²) in [5, 5.41) is 7.94. The first-order valence-electron chi connectivity index (χ1n) is 2.30. The second-order valence-corrected chi connectivity index (χ2v) is 2.58. The average molecular weight is 214 g/mol. The van der Waals surface area contributed by atoms with Gasteiger partial charge in [0.05, 0.1) is 20.9 Å². The molecule has 0 saturated carbocycles. The zero-order valence-corrected chi connectivity index (χ0v) is 11.7. The Bertz CT molecular complexity index is 166. The molecule has 0 unspecified atom stereocenters. The topological polar surface area (TPSA) is 110 Å². The van der Waals surface area contributed by atoms with E-state index in [9.17, 15) is 19.1 Å². The van der Waals surface area contributed by atoms with Crippen molar-refractivity contribution in [3.8, 4) is 0 Å². The summed E-state index contributed by atoms with van der Waals surface area (Å²) in [6.45, 7) is -0.598. The summed E-state index contributed by atoms with van der Waals surface area (Å²) in [5.74, 6) is -1.21. The normalized spacial score (nSPS) is 9.50. The van der Waals surface area contributed by atoms with Crippen molar-refractivity contribution in [3.63, 3.8) is 0 Å². The minimum Gasteiger partial charge on any atom is -0.790 e. The molecule has 12 heavy (non-hydrogen) atoms. The van der Waals surface area contributed by atoms with E-state index in [0.717, 1.165) is 0 Å². The second-order valence-electron chi connectivity index (χ2n) is 1.42. The Hall–Kier alpha value is 1.58. The summed E-state index contributed by atoms with van der Waals surface area (Å²) >= 11 is 0. The first-order chi connectivity index (χ1) is 4.42. The number of carbonyl (C=O) groups is 1. The molecule has 0 rings (SSSR count). The molecule has 0 heterocycles. The molecule has 0 aliphatic rings. The predicted octanol–water partition coefficient (Wildman–Crippen LogP) is -7.69. The molecule has 0 saturated heterocycles. The fourth-order valence-corrected chi connectivity index (χ4v) is 0.560. The van der Waals surface area contributed by atoms with E-state index >= 15 is 0 Å². The van der Waals surface area contributed by atoms with E-state index in [4.69, 9.17) is 5.11 Å². The van der Waals surface area contributed by atoms with E-state index in [-0.39, 0.29) is 59.1 Å². The smallest absolute Gasteiger partial charge is 0.790 e. The van der Waals surface area contributed by atoms with Crippen molar-refractivity contribution in [2.75, 3.05) is 6.61 Å². The third-order valence-corrected chi connectivity index (χ3v) is 1.06. The van der Waals surface area contributed by atoms with Gasteiger partial charge in [-0.25, -0.2) is 0 Å². The van der Waals surface area contributed by atoms with Crippen LogP contribution in [0.5, 0.6) is 0 Å². The molecule has 0 aliphatic heterocycles. The summed E-state index contributed by atoms with van der Waals surface area (Å²) in [6, 6.07) is 0. The number of phosphoric acid groups is 1. The summed E-state index contributed by atoms with van der Waals surface area (Å²) in [7, 11) is -4.99. The number of rotatable bonds is 4. The first kappa shape index (κ1) is 19.2. The van der Waals surface area contributed by atoms with Crippen LogP contribution in [-0.4, -0.2) is 17.7 Å². The number of aliphatic carboxylic acids is 1. The van der Waals surface area contributed by atoms with Crippen LogP contribution < -0.4 is 68.9 Å². The summed E-state index contributed by atoms with van der Waals surface area (Å²) < 4.78 is 13.3. The van der Waals surface area contributed by atoms with E-state index < -0.39 is 26.8 Å². The first-order valence-corrected chi connectivity index (χ1v) is 3.76. The molecule has 0 atom stereocenters. The van der Waals surface area contributed by atoms with Gasteiger partial charge in [-0.1, -0.05) is 0 Å². The van der Waals surface area contributed by atoms with Crippen molar-refractivity contribution in [2.24, 2.45) is 0 Å². The summed E-state index contributed by atoms with van der Waals surface area (Å²) in [6.07, 6.45) is -0.492. The van der Waals surface area contributed by atoms with Gasteiger partial charge in [-0.15, -0.1) is 0 Å². The molecule has 0 amide bonds. The Labute approximate surface area is 114 Å². The number of carboxylic acids is 1. The number of hydrogen-bond acceptors (Lipinski definition) is 5. The Kier molecular flexibility index (Phi) is 14.6. The zero-order valence-electron chi connectivity index (χ0n) is 6.85. The quantitative estimate of drug-likeness (QED) is 0.367. The molecule has 1 N–H and O–H groups in total. The molecule has 0 aromatic rings. The van der Waals surface area contributed by atoms with Gasteiger partial charge in [0.2, 0.25) is 0 Å². The van der Waals surface area contributed by atoms with Gasteiger partial charge in [0, 0.05) is 0 Å². The van der Waals surface area contributed by atoms with Gasteiger partial charge in [-0.3, -0.25) is 4.79 Å². The van der Waals surface area contributed by atoms with Crippen molar-refractivity contribution in [3.05, 3.63) is 0 Å². The Morgan fingerprint density at radius 3 is 2.08 bits per heavy atom. The van der Waals surface area contributed by atoms with Crippen LogP contribution in [0.3, 0.4) is 0 Å². The fraction of sp³-hybridized carbons (Fsp3) is 0.667. The van der Waals surface area contributed by atoms with Gasteiger partial charge >= 0.3 is 65.1 Å². The molecule has 0 fully saturated rings. The molecule has 60 valence electrons. The predicted molar refractivity (Wildman–Crippen MR) is 25.8 cm³/mol. The number of phosphoric ester groups is 1. The molecular weight excluding hydrogens is 209 g/mol. The van der Waals surface area contributed by atoms with Crippen molar-refractivity contribution >= 4 is 13.8 Å². The third kappa shape index (κ3) is 17.6. The molecule has 0 spiro atoms. The maximum absolute atomic E-state index is 9.71. The van der Waals surface area contributed by atoms with Gasteiger partial charge in [-0.2, -0.15) is 0 Å². The second kappa shape index (κ2) is 9.15. The van der Waals surface area contributed by atoms with Crippen molar-refractivity contribution in [1.29, 1.82) is 0 Å². The maximum Gasteiger partial charge on any atom is 1.00 e. The van der Waals surface area contributed by atoms with Crippen LogP contribution in [0.2, 0.25) is 0 Å². The summed E-state index contributed by atoms with van der Waals surface area (Å²) in [4.78, 5) is 29.1. The zero-order chi connectivity index (χ0) is 8.20. The van der Waals surface area contributed by atoms with Crippen LogP contribution in [0.1, 0.15) is 6.42 Å². The summed E-state index contributed by atoms with van der Waals surface area (Å²) in [5.41, 5.74) is 0. The van der Waals surface area contributed by atoms with Crippen LogP contribution >= 0.6 is 7.82 Å². The molecule has 6 nitrogen and oxygen atoms in total. The van der Waals surface area contributed by atoms with E-state index in [2.05, 4.69) is 4.52 Å². The Morgan fingerprint density at radius 1 is 1.42 bits per heavy atom. The van der Waals surface area contributed by atoms with Crippen LogP contribution in [0.15, 0.2) is 0 Å². The minimum absolute atomic E-state index is 0. The number of hydrogen-bond donors (Lipinski definition) is 1. The van der Waals surface area contributed by atoms with Crippen LogP contribution in [0.25, 0.3) is 0 Å². The maximum atomic E-state index is 9.71. The molecule has 0 bridgehead atoms. The standard InChI is InChI=1S/C3H7O6P.2Na/c4-3(5)1-2-9-10(6,7)8;;/h1-2H2,(H,4,5)(H2,6,7,8);;/q;2*+1/p-2. The van der Waals surface area contributed by atoms with Crippen LogP contribution in [-0.2, 0) is 13.9 Å². The molecule has 0 aromatic carbocycles. The third-order valence-electron chi connectivity index (χ3n) is 0.565. The number of carboxylic acid groups (broad SMARTS) is 1. The van der Waals surface area contributed by atoms with E-state index in [1.165, 1.54) is 0 Å². The molecule has 0 aliphatic carbocycles. The van der Waals surface area contributed by atoms with Crippen molar-refractivity contribution in [1.82, 2.24) is 0 Å². The Balaban J connectivity index is -0.000000405. The van der Waals surface area contributed by atoms with Crippen LogP contribution in [0.4, 0.5) is 0 Å². The fourth-order valence-electron chi connectivity index (χ4n) is 0.245. The molecule has 0 aromatic heterocycles.